The van der Waals surface area contributed by atoms with Gasteiger partial charge in [0, 0.05) is 20.1 Å². The quantitative estimate of drug-likeness (QED) is 0.636. The van der Waals surface area contributed by atoms with Crippen LogP contribution in [0.3, 0.4) is 0 Å². The van der Waals surface area contributed by atoms with E-state index in [1.807, 2.05) is 6.92 Å². The van der Waals surface area contributed by atoms with Gasteiger partial charge < -0.3 is 23.4 Å². The lowest BCUT2D eigenvalue weighted by Crippen LogP contribution is -2.32. The molecule has 6 nitrogen and oxygen atoms in total. The molecule has 0 spiro atoms. The third kappa shape index (κ3) is 3.52. The average Bonchev–Trinajstić information content (AvgIpc) is 2.50. The Labute approximate surface area is 89.1 Å². The minimum Gasteiger partial charge on any atom is -0.756 e. The summed E-state index contributed by atoms with van der Waals surface area (Å²) in [6, 6.07) is 0. The molecular weight excluding hydrogens is 223 g/mol. The third-order valence-electron chi connectivity index (χ3n) is 2.31. The van der Waals surface area contributed by atoms with E-state index in [-0.39, 0.29) is 12.0 Å². The zero-order chi connectivity index (χ0) is 11.5. The highest BCUT2D eigenvalue weighted by atomic mass is 31.2. The molecule has 0 N–H and O–H groups in total. The predicted molar refractivity (Wildman–Crippen MR) is 50.3 cm³/mol. The molecule has 1 aliphatic rings. The number of hydrogen-bond acceptors (Lipinski definition) is 6. The van der Waals surface area contributed by atoms with Gasteiger partial charge in [0.25, 0.3) is 7.82 Å². The highest BCUT2D eigenvalue weighted by Gasteiger charge is 2.37. The van der Waals surface area contributed by atoms with Crippen molar-refractivity contribution in [2.45, 2.75) is 19.1 Å². The molecule has 2 unspecified atom stereocenters. The van der Waals surface area contributed by atoms with Crippen LogP contribution in [0, 0.1) is 5.92 Å². The highest BCUT2D eigenvalue weighted by Crippen LogP contribution is 2.42. The molecule has 0 amide bonds. The maximum absolute atomic E-state index is 11.1. The number of rotatable bonds is 5. The van der Waals surface area contributed by atoms with Gasteiger partial charge >= 0.3 is 0 Å². The van der Waals surface area contributed by atoms with Crippen LogP contribution in [0.1, 0.15) is 6.92 Å². The van der Waals surface area contributed by atoms with Crippen LogP contribution >= 0.6 is 7.82 Å². The summed E-state index contributed by atoms with van der Waals surface area (Å²) in [4.78, 5) is 11.1. The Balaban J connectivity index is 2.60. The van der Waals surface area contributed by atoms with E-state index in [4.69, 9.17) is 14.0 Å². The Morgan fingerprint density at radius 2 is 2.20 bits per heavy atom. The van der Waals surface area contributed by atoms with Crippen molar-refractivity contribution in [3.63, 3.8) is 0 Å². The van der Waals surface area contributed by atoms with E-state index in [0.29, 0.717) is 13.2 Å². The van der Waals surface area contributed by atoms with Gasteiger partial charge in [-0.1, -0.05) is 6.92 Å². The zero-order valence-electron chi connectivity index (χ0n) is 9.04. The van der Waals surface area contributed by atoms with Crippen molar-refractivity contribution in [1.82, 2.24) is 0 Å². The second kappa shape index (κ2) is 5.39. The van der Waals surface area contributed by atoms with Crippen LogP contribution in [0.5, 0.6) is 0 Å². The minimum absolute atomic E-state index is 0.00238. The topological polar surface area (TPSA) is 77.1 Å². The average molecular weight is 239 g/mol. The van der Waals surface area contributed by atoms with Gasteiger partial charge in [-0.25, -0.2) is 0 Å². The Bertz CT molecular complexity index is 243. The summed E-state index contributed by atoms with van der Waals surface area (Å²) in [6.07, 6.45) is -0.893. The molecule has 0 aromatic carbocycles. The van der Waals surface area contributed by atoms with E-state index in [0.717, 1.165) is 7.11 Å². The van der Waals surface area contributed by atoms with Crippen molar-refractivity contribution in [1.29, 1.82) is 0 Å². The summed E-state index contributed by atoms with van der Waals surface area (Å²) in [5.74, 6) is 0.00238. The molecule has 0 aliphatic carbocycles. The Morgan fingerprint density at radius 3 is 2.73 bits per heavy atom. The first-order valence-electron chi connectivity index (χ1n) is 4.66. The van der Waals surface area contributed by atoms with Gasteiger partial charge in [-0.2, -0.15) is 0 Å². The summed E-state index contributed by atoms with van der Waals surface area (Å²) < 4.78 is 30.5. The summed E-state index contributed by atoms with van der Waals surface area (Å²) in [5.41, 5.74) is 0. The molecule has 0 saturated carbocycles. The minimum atomic E-state index is -4.21. The van der Waals surface area contributed by atoms with Gasteiger partial charge in [0.15, 0.2) is 0 Å². The number of phosphoric acid groups is 1. The van der Waals surface area contributed by atoms with E-state index in [1.54, 1.807) is 0 Å². The lowest BCUT2D eigenvalue weighted by Gasteiger charge is -2.28. The van der Waals surface area contributed by atoms with Crippen LogP contribution in [0.15, 0.2) is 0 Å². The van der Waals surface area contributed by atoms with Gasteiger partial charge in [-0.05, 0) is 0 Å². The Kier molecular flexibility index (Phi) is 4.70. The smallest absolute Gasteiger partial charge is 0.267 e. The molecule has 1 aliphatic heterocycles. The molecule has 7 heteroatoms. The maximum Gasteiger partial charge on any atom is 0.267 e. The predicted octanol–water partition coefficient (Wildman–Crippen LogP) is 0.168. The molecule has 0 aromatic rings. The largest absolute Gasteiger partial charge is 0.756 e. The van der Waals surface area contributed by atoms with Crippen LogP contribution < -0.4 is 4.89 Å². The number of ether oxygens (including phenoxy) is 2. The number of hydrogen-bond donors (Lipinski definition) is 0. The molecule has 4 atom stereocenters. The molecule has 1 rings (SSSR count). The Hall–Kier alpha value is 0.0300. The van der Waals surface area contributed by atoms with Crippen molar-refractivity contribution < 1.29 is 28.0 Å². The molecule has 0 aromatic heterocycles. The molecule has 1 fully saturated rings. The van der Waals surface area contributed by atoms with Crippen molar-refractivity contribution >= 4 is 7.82 Å². The summed E-state index contributed by atoms with van der Waals surface area (Å²) >= 11 is 0. The third-order valence-corrected chi connectivity index (χ3v) is 3.25. The molecule has 1 saturated heterocycles. The standard InChI is InChI=1S/C8H17O6P/c1-6-4-13-7(5-11-2)8(6)14-15(9,10)12-3/h6-8H,4-5H2,1-3H3,(H,9,10)/p-1/t6-,7-,8?/m1/s1. The van der Waals surface area contributed by atoms with E-state index >= 15 is 0 Å². The molecule has 0 radical (unpaired) electrons. The maximum atomic E-state index is 11.1. The lowest BCUT2D eigenvalue weighted by atomic mass is 10.1. The lowest BCUT2D eigenvalue weighted by molar-refractivity contribution is -0.230. The second-order valence-corrected chi connectivity index (χ2v) is 4.97. The van der Waals surface area contributed by atoms with Crippen LogP contribution in [0.4, 0.5) is 0 Å². The Morgan fingerprint density at radius 1 is 1.53 bits per heavy atom. The second-order valence-electron chi connectivity index (χ2n) is 3.50. The van der Waals surface area contributed by atoms with Gasteiger partial charge in [0.2, 0.25) is 0 Å². The van der Waals surface area contributed by atoms with Gasteiger partial charge in [0.05, 0.1) is 19.3 Å². The van der Waals surface area contributed by atoms with Gasteiger partial charge in [-0.15, -0.1) is 0 Å². The monoisotopic (exact) mass is 239 g/mol. The van der Waals surface area contributed by atoms with Crippen molar-refractivity contribution in [3.05, 3.63) is 0 Å². The molecular formula is C8H16O6P-. The van der Waals surface area contributed by atoms with E-state index in [1.165, 1.54) is 7.11 Å². The number of methoxy groups -OCH3 is 1. The molecule has 1 heterocycles. The van der Waals surface area contributed by atoms with Crippen LogP contribution in [-0.4, -0.2) is 39.6 Å². The molecule has 90 valence electrons. The molecule has 0 bridgehead atoms. The van der Waals surface area contributed by atoms with Crippen LogP contribution in [0.25, 0.3) is 0 Å². The first-order valence-corrected chi connectivity index (χ1v) is 6.12. The zero-order valence-corrected chi connectivity index (χ0v) is 9.94. The van der Waals surface area contributed by atoms with E-state index < -0.39 is 13.9 Å². The summed E-state index contributed by atoms with van der Waals surface area (Å²) in [7, 11) is -1.61. The summed E-state index contributed by atoms with van der Waals surface area (Å²) in [5, 5.41) is 0. The normalized spacial score (nSPS) is 35.3. The van der Waals surface area contributed by atoms with E-state index in [9.17, 15) is 9.46 Å². The fourth-order valence-corrected chi connectivity index (χ4v) is 2.23. The SMILES string of the molecule is COC[C@H]1OC[C@@H](C)C1OP(=O)([O-])OC. The number of phosphoric ester groups is 1. The fraction of sp³-hybridized carbons (Fsp3) is 1.00. The van der Waals surface area contributed by atoms with Gasteiger partial charge in [0.1, 0.15) is 6.10 Å². The van der Waals surface area contributed by atoms with E-state index in [2.05, 4.69) is 4.52 Å². The van der Waals surface area contributed by atoms with Gasteiger partial charge in [-0.3, -0.25) is 4.57 Å². The van der Waals surface area contributed by atoms with Crippen molar-refractivity contribution in [2.24, 2.45) is 5.92 Å². The molecule has 15 heavy (non-hydrogen) atoms. The van der Waals surface area contributed by atoms with Crippen molar-refractivity contribution in [3.8, 4) is 0 Å². The van der Waals surface area contributed by atoms with Crippen molar-refractivity contribution in [2.75, 3.05) is 27.4 Å². The van der Waals surface area contributed by atoms with Crippen LogP contribution in [-0.2, 0) is 23.1 Å². The fourth-order valence-electron chi connectivity index (χ4n) is 1.50. The highest BCUT2D eigenvalue weighted by molar-refractivity contribution is 7.45. The van der Waals surface area contributed by atoms with Crippen LogP contribution in [0.2, 0.25) is 0 Å². The first-order chi connectivity index (χ1) is 7.00. The summed E-state index contributed by atoms with van der Waals surface area (Å²) in [6.45, 7) is 2.62. The first kappa shape index (κ1) is 13.1.